The van der Waals surface area contributed by atoms with Crippen LogP contribution in [0.15, 0.2) is 23.8 Å². The lowest BCUT2D eigenvalue weighted by Gasteiger charge is -2.61. The zero-order chi connectivity index (χ0) is 19.9. The van der Waals surface area contributed by atoms with E-state index >= 15 is 0 Å². The van der Waals surface area contributed by atoms with E-state index in [0.29, 0.717) is 24.5 Å². The summed E-state index contributed by atoms with van der Waals surface area (Å²) in [5.41, 5.74) is 1.91. The van der Waals surface area contributed by atoms with E-state index < -0.39 is 0 Å². The number of hydrogen-bond donors (Lipinski definition) is 1. The molecule has 4 rings (SSSR count). The molecule has 0 spiro atoms. The van der Waals surface area contributed by atoms with Crippen LogP contribution in [0.2, 0.25) is 0 Å². The van der Waals surface area contributed by atoms with E-state index in [1.165, 1.54) is 5.57 Å². The molecule has 2 aliphatic carbocycles. The summed E-state index contributed by atoms with van der Waals surface area (Å²) in [6.45, 7) is 10.00. The number of amides is 1. The third kappa shape index (κ3) is 3.65. The third-order valence-corrected chi connectivity index (χ3v) is 8.25. The van der Waals surface area contributed by atoms with Crippen LogP contribution < -0.4 is 5.32 Å². The Morgan fingerprint density at radius 1 is 1.34 bits per heavy atom. The number of ether oxygens (including phenoxy) is 1. The molecule has 0 aromatic carbocycles. The van der Waals surface area contributed by atoms with Crippen molar-refractivity contribution in [2.24, 2.45) is 22.7 Å². The standard InChI is InChI=1S/C21H29NO5S.H2O.H2/c1-13-4-7-17-20(2,9-8-18-21(17,3)11-26-28-27-18)15(13)6-5-14-16(22-12-23)10-25-19(14)24;;/h5,12,15-18H,1,4,6-11H2,2-3H3,(H,22,23);1H2;1H/b14-5+;;/t15-,16?,17+,18-,20+,21+;;/m1../s1. The Labute approximate surface area is 177 Å². The SMILES string of the molecule is C=C1CC[C@@H]2[C@]3(C)COSO[C@@H]3CC[C@@]2(C)[C@@H]1C/C=C1/C(=O)OCC1NC=O.O.[HH]. The molecule has 2 saturated carbocycles. The molecular formula is C21H33NO6S. The predicted octanol–water partition coefficient (Wildman–Crippen LogP) is 2.76. The minimum Gasteiger partial charge on any atom is -0.460 e. The summed E-state index contributed by atoms with van der Waals surface area (Å²) < 4.78 is 16.7. The molecule has 0 bridgehead atoms. The highest BCUT2D eigenvalue weighted by atomic mass is 32.2. The van der Waals surface area contributed by atoms with Gasteiger partial charge in [0.1, 0.15) is 6.61 Å². The first-order valence-electron chi connectivity index (χ1n) is 10.1. The van der Waals surface area contributed by atoms with Crippen molar-refractivity contribution >= 4 is 24.7 Å². The van der Waals surface area contributed by atoms with E-state index in [0.717, 1.165) is 44.4 Å². The molecule has 1 unspecified atom stereocenters. The largest absolute Gasteiger partial charge is 0.460 e. The molecule has 0 aromatic rings. The average Bonchev–Trinajstić information content (AvgIpc) is 3.00. The highest BCUT2D eigenvalue weighted by Gasteiger charge is 2.59. The van der Waals surface area contributed by atoms with Crippen molar-refractivity contribution in [3.8, 4) is 0 Å². The van der Waals surface area contributed by atoms with Crippen LogP contribution in [-0.2, 0) is 22.7 Å². The highest BCUT2D eigenvalue weighted by Crippen LogP contribution is 2.63. The van der Waals surface area contributed by atoms with Crippen molar-refractivity contribution in [1.82, 2.24) is 5.32 Å². The van der Waals surface area contributed by atoms with Gasteiger partial charge in [-0.2, -0.15) is 0 Å². The second-order valence-electron chi connectivity index (χ2n) is 9.10. The van der Waals surface area contributed by atoms with Crippen molar-refractivity contribution in [2.45, 2.75) is 58.1 Å². The maximum absolute atomic E-state index is 12.1. The normalized spacial score (nSPS) is 43.0. The number of rotatable bonds is 4. The van der Waals surface area contributed by atoms with Crippen molar-refractivity contribution < 1.29 is 29.6 Å². The van der Waals surface area contributed by atoms with E-state index in [9.17, 15) is 9.59 Å². The number of cyclic esters (lactones) is 1. The van der Waals surface area contributed by atoms with Crippen LogP contribution in [-0.4, -0.2) is 43.2 Å². The molecule has 8 heteroatoms. The third-order valence-electron chi connectivity index (χ3n) is 7.72. The van der Waals surface area contributed by atoms with E-state index in [-0.39, 0.29) is 48.4 Å². The van der Waals surface area contributed by atoms with Gasteiger partial charge in [0.15, 0.2) is 12.3 Å². The molecule has 0 radical (unpaired) electrons. The van der Waals surface area contributed by atoms with Gasteiger partial charge in [-0.05, 0) is 49.4 Å². The van der Waals surface area contributed by atoms with Gasteiger partial charge in [0.25, 0.3) is 0 Å². The van der Waals surface area contributed by atoms with Gasteiger partial charge in [0.05, 0.1) is 24.3 Å². The van der Waals surface area contributed by atoms with Gasteiger partial charge in [0, 0.05) is 6.84 Å². The molecule has 4 aliphatic rings. The highest BCUT2D eigenvalue weighted by molar-refractivity contribution is 7.89. The maximum atomic E-state index is 12.1. The number of carbonyl (C=O) groups excluding carboxylic acids is 2. The van der Waals surface area contributed by atoms with Crippen LogP contribution in [0, 0.1) is 22.7 Å². The molecule has 0 aromatic heterocycles. The minimum atomic E-state index is -0.351. The molecule has 2 saturated heterocycles. The Morgan fingerprint density at radius 2 is 2.14 bits per heavy atom. The van der Waals surface area contributed by atoms with Gasteiger partial charge in [-0.1, -0.05) is 32.1 Å². The average molecular weight is 428 g/mol. The summed E-state index contributed by atoms with van der Waals surface area (Å²) in [6.07, 6.45) is 7.74. The Balaban J connectivity index is 0.00000160. The van der Waals surface area contributed by atoms with E-state index in [1.807, 2.05) is 6.08 Å². The molecule has 164 valence electrons. The van der Waals surface area contributed by atoms with Crippen molar-refractivity contribution in [3.63, 3.8) is 0 Å². The lowest BCUT2D eigenvalue weighted by Crippen LogP contribution is -2.58. The Morgan fingerprint density at radius 3 is 2.90 bits per heavy atom. The maximum Gasteiger partial charge on any atom is 0.336 e. The zero-order valence-corrected chi connectivity index (χ0v) is 17.9. The minimum absolute atomic E-state index is 0. The van der Waals surface area contributed by atoms with E-state index in [4.69, 9.17) is 13.1 Å². The van der Waals surface area contributed by atoms with Crippen LogP contribution in [0.4, 0.5) is 0 Å². The van der Waals surface area contributed by atoms with Crippen molar-refractivity contribution in [2.75, 3.05) is 13.2 Å². The molecule has 7 nitrogen and oxygen atoms in total. The van der Waals surface area contributed by atoms with Gasteiger partial charge >= 0.3 is 5.97 Å². The van der Waals surface area contributed by atoms with Crippen molar-refractivity contribution in [1.29, 1.82) is 0 Å². The number of allylic oxidation sites excluding steroid dienone is 2. The smallest absolute Gasteiger partial charge is 0.336 e. The first-order valence-corrected chi connectivity index (χ1v) is 10.8. The monoisotopic (exact) mass is 427 g/mol. The predicted molar refractivity (Wildman–Crippen MR) is 112 cm³/mol. The van der Waals surface area contributed by atoms with Crippen LogP contribution >= 0.6 is 12.3 Å². The van der Waals surface area contributed by atoms with E-state index in [1.54, 1.807) is 0 Å². The first-order chi connectivity index (χ1) is 13.4. The Hall–Kier alpha value is -1.35. The first kappa shape index (κ1) is 22.3. The number of carbonyl (C=O) groups is 2. The molecule has 3 N–H and O–H groups in total. The Kier molecular flexibility index (Phi) is 6.48. The van der Waals surface area contributed by atoms with Crippen LogP contribution in [0.5, 0.6) is 0 Å². The lowest BCUT2D eigenvalue weighted by atomic mass is 9.46. The summed E-state index contributed by atoms with van der Waals surface area (Å²) in [5.74, 6) is 0.439. The second kappa shape index (κ2) is 8.41. The van der Waals surface area contributed by atoms with Gasteiger partial charge in [-0.25, -0.2) is 4.79 Å². The van der Waals surface area contributed by atoms with Gasteiger partial charge in [-0.15, -0.1) is 0 Å². The number of fused-ring (bicyclic) bond motifs is 3. The topological polar surface area (TPSA) is 105 Å². The number of hydrogen-bond acceptors (Lipinski definition) is 6. The summed E-state index contributed by atoms with van der Waals surface area (Å²) >= 11 is 1.14. The van der Waals surface area contributed by atoms with Crippen LogP contribution in [0.1, 0.15) is 47.4 Å². The lowest BCUT2D eigenvalue weighted by molar-refractivity contribution is -0.149. The molecule has 4 fully saturated rings. The quantitative estimate of drug-likeness (QED) is 0.243. The molecule has 29 heavy (non-hydrogen) atoms. The Bertz CT molecular complexity index is 718. The summed E-state index contributed by atoms with van der Waals surface area (Å²) in [7, 11) is 0. The zero-order valence-electron chi connectivity index (χ0n) is 17.1. The second-order valence-corrected chi connectivity index (χ2v) is 9.66. The van der Waals surface area contributed by atoms with Crippen LogP contribution in [0.3, 0.4) is 0 Å². The molecular weight excluding hydrogens is 394 g/mol. The fourth-order valence-electron chi connectivity index (χ4n) is 6.15. The fraction of sp³-hybridized carbons (Fsp3) is 0.714. The molecule has 2 aliphatic heterocycles. The molecule has 1 amide bonds. The fourth-order valence-corrected chi connectivity index (χ4v) is 6.92. The summed E-state index contributed by atoms with van der Waals surface area (Å²) in [5, 5.41) is 2.68. The summed E-state index contributed by atoms with van der Waals surface area (Å²) in [4.78, 5) is 22.9. The number of nitrogens with one attached hydrogen (secondary N) is 1. The molecule has 6 atom stereocenters. The van der Waals surface area contributed by atoms with Gasteiger partial charge in [-0.3, -0.25) is 13.2 Å². The van der Waals surface area contributed by atoms with Gasteiger partial charge in [0.2, 0.25) is 6.41 Å². The van der Waals surface area contributed by atoms with Crippen molar-refractivity contribution in [3.05, 3.63) is 23.8 Å². The van der Waals surface area contributed by atoms with Gasteiger partial charge < -0.3 is 15.5 Å². The number of esters is 1. The summed E-state index contributed by atoms with van der Waals surface area (Å²) in [6, 6.07) is -0.351. The van der Waals surface area contributed by atoms with Crippen LogP contribution in [0.25, 0.3) is 0 Å². The van der Waals surface area contributed by atoms with E-state index in [2.05, 4.69) is 25.7 Å². The molecule has 2 heterocycles.